The molecule has 0 saturated carbocycles. The van der Waals surface area contributed by atoms with Gasteiger partial charge in [0, 0.05) is 16.2 Å². The Morgan fingerprint density at radius 3 is 1.79 bits per heavy atom. The van der Waals surface area contributed by atoms with Crippen molar-refractivity contribution in [1.82, 2.24) is 0 Å². The first kappa shape index (κ1) is 32.5. The highest BCUT2D eigenvalue weighted by Gasteiger charge is 2.35. The lowest BCUT2D eigenvalue weighted by molar-refractivity contribution is 0.668. The number of rotatable bonds is 5. The van der Waals surface area contributed by atoms with Gasteiger partial charge in [-0.05, 0) is 130 Å². The van der Waals surface area contributed by atoms with Crippen LogP contribution in [0.2, 0.25) is 0 Å². The van der Waals surface area contributed by atoms with Crippen LogP contribution in [0.3, 0.4) is 0 Å². The van der Waals surface area contributed by atoms with Crippen LogP contribution in [0.15, 0.2) is 187 Å². The molecule has 1 heterocycles. The van der Waals surface area contributed by atoms with Crippen LogP contribution in [0.25, 0.3) is 93.7 Å². The predicted molar refractivity (Wildman–Crippen MR) is 239 cm³/mol. The molecule has 0 saturated heterocycles. The molecule has 1 aliphatic rings. The second-order valence-corrected chi connectivity index (χ2v) is 15.7. The Hall–Kier alpha value is -6.96. The lowest BCUT2D eigenvalue weighted by Crippen LogP contribution is -2.17. The number of benzene rings is 9. The lowest BCUT2D eigenvalue weighted by atomic mass is 9.76. The van der Waals surface area contributed by atoms with Gasteiger partial charge in [0.2, 0.25) is 0 Å². The summed E-state index contributed by atoms with van der Waals surface area (Å²) in [6.07, 6.45) is 2.36. The van der Waals surface area contributed by atoms with E-state index in [9.17, 15) is 0 Å². The Balaban J connectivity index is 1.06. The zero-order valence-electron chi connectivity index (χ0n) is 31.4. The van der Waals surface area contributed by atoms with E-state index in [4.69, 9.17) is 11.0 Å². The molecule has 1 aromatic heterocycles. The summed E-state index contributed by atoms with van der Waals surface area (Å²) in [6.45, 7) is 9.47. The zero-order chi connectivity index (χ0) is 37.5. The summed E-state index contributed by atoms with van der Waals surface area (Å²) in [5.41, 5.74) is 14.9. The molecule has 1 aliphatic carbocycles. The summed E-state index contributed by atoms with van der Waals surface area (Å²) in [7, 11) is 0. The molecule has 0 spiro atoms. The normalized spacial score (nSPS) is 13.5. The van der Waals surface area contributed by atoms with E-state index in [0.29, 0.717) is 0 Å². The van der Waals surface area contributed by atoms with Crippen LogP contribution in [0.5, 0.6) is 0 Å². The van der Waals surface area contributed by atoms with Crippen LogP contribution >= 0.6 is 0 Å². The first-order valence-electron chi connectivity index (χ1n) is 19.4. The topological polar surface area (TPSA) is 13.1 Å². The molecule has 10 aromatic rings. The van der Waals surface area contributed by atoms with Crippen molar-refractivity contribution in [2.45, 2.75) is 19.3 Å². The molecular formula is C55H38O. The smallest absolute Gasteiger partial charge is 0.136 e. The summed E-state index contributed by atoms with van der Waals surface area (Å²) in [5.74, 6) is 0. The largest absolute Gasteiger partial charge is 0.456 e. The van der Waals surface area contributed by atoms with Gasteiger partial charge in [-0.1, -0.05) is 166 Å². The fraction of sp³-hybridized carbons (Fsp3) is 0.0545. The maximum absolute atomic E-state index is 6.47. The highest BCUT2D eigenvalue weighted by molar-refractivity contribution is 6.22. The molecule has 11 rings (SSSR count). The minimum atomic E-state index is -0.182. The summed E-state index contributed by atoms with van der Waals surface area (Å²) in [4.78, 5) is 0. The van der Waals surface area contributed by atoms with Gasteiger partial charge in [0.05, 0.1) is 0 Å². The monoisotopic (exact) mass is 714 g/mol. The number of hydrogen-bond acceptors (Lipinski definition) is 1. The average molecular weight is 715 g/mol. The molecule has 0 unspecified atom stereocenters. The molecule has 1 nitrogen and oxygen atoms in total. The van der Waals surface area contributed by atoms with Gasteiger partial charge in [0.15, 0.2) is 0 Å². The quantitative estimate of drug-likeness (QED) is 0.162. The Kier molecular flexibility index (Phi) is 7.12. The van der Waals surface area contributed by atoms with E-state index >= 15 is 0 Å². The number of fused-ring (bicyclic) bond motifs is 7. The Morgan fingerprint density at radius 2 is 1.07 bits per heavy atom. The fourth-order valence-corrected chi connectivity index (χ4v) is 9.43. The van der Waals surface area contributed by atoms with Crippen LogP contribution in [-0.4, -0.2) is 0 Å². The third-order valence-corrected chi connectivity index (χ3v) is 12.2. The third kappa shape index (κ3) is 4.87. The van der Waals surface area contributed by atoms with Gasteiger partial charge < -0.3 is 4.42 Å². The van der Waals surface area contributed by atoms with Crippen molar-refractivity contribution in [1.29, 1.82) is 0 Å². The maximum atomic E-state index is 6.47. The van der Waals surface area contributed by atoms with Gasteiger partial charge in [0.25, 0.3) is 0 Å². The Labute approximate surface area is 326 Å². The standard InChI is InChI=1S/C55H38O/c1-34(46-32-48-41-18-12-14-24-51(41)56-52(48)33-47(46)50-31-39-17-7-13-23-49(39)55(50,2)3)36-25-26-38-30-40(28-27-37(38)29-36)54-44-21-10-8-19-42(44)53(35-15-5-4-6-16-35)43-20-9-11-22-45(43)54/h4-33H,1H2,2-3H3. The molecule has 1 heteroatoms. The summed E-state index contributed by atoms with van der Waals surface area (Å²) >= 11 is 0. The maximum Gasteiger partial charge on any atom is 0.136 e. The van der Waals surface area contributed by atoms with Crippen molar-refractivity contribution in [2.24, 2.45) is 0 Å². The van der Waals surface area contributed by atoms with E-state index in [-0.39, 0.29) is 5.41 Å². The van der Waals surface area contributed by atoms with E-state index < -0.39 is 0 Å². The second kappa shape index (κ2) is 12.3. The van der Waals surface area contributed by atoms with Crippen molar-refractivity contribution in [3.05, 3.63) is 210 Å². The fourth-order valence-electron chi connectivity index (χ4n) is 9.43. The van der Waals surface area contributed by atoms with Crippen molar-refractivity contribution in [3.8, 4) is 22.3 Å². The first-order valence-corrected chi connectivity index (χ1v) is 19.4. The minimum Gasteiger partial charge on any atom is -0.456 e. The second-order valence-electron chi connectivity index (χ2n) is 15.7. The molecule has 0 aliphatic heterocycles. The third-order valence-electron chi connectivity index (χ3n) is 12.2. The van der Waals surface area contributed by atoms with E-state index in [0.717, 1.165) is 44.2 Å². The number of allylic oxidation sites excluding steroid dienone is 1. The molecule has 0 amide bonds. The van der Waals surface area contributed by atoms with Gasteiger partial charge in [-0.25, -0.2) is 0 Å². The van der Waals surface area contributed by atoms with Crippen LogP contribution in [0.1, 0.15) is 41.7 Å². The highest BCUT2D eigenvalue weighted by Crippen LogP contribution is 2.50. The lowest BCUT2D eigenvalue weighted by Gasteiger charge is -2.27. The van der Waals surface area contributed by atoms with Gasteiger partial charge in [-0.2, -0.15) is 0 Å². The van der Waals surface area contributed by atoms with Gasteiger partial charge in [-0.3, -0.25) is 0 Å². The summed E-state index contributed by atoms with van der Waals surface area (Å²) in [5, 5.41) is 9.66. The molecule has 56 heavy (non-hydrogen) atoms. The minimum absolute atomic E-state index is 0.182. The SMILES string of the molecule is C=C(c1ccc2cc(-c3c4ccccc4c(-c4ccccc4)c4ccccc34)ccc2c1)c1cc2c(cc1C1=Cc3ccccc3C1(C)C)oc1ccccc12. The van der Waals surface area contributed by atoms with Gasteiger partial charge in [0.1, 0.15) is 11.2 Å². The van der Waals surface area contributed by atoms with E-state index in [1.54, 1.807) is 0 Å². The molecule has 0 N–H and O–H groups in total. The van der Waals surface area contributed by atoms with Crippen molar-refractivity contribution in [3.63, 3.8) is 0 Å². The van der Waals surface area contributed by atoms with Crippen LogP contribution in [-0.2, 0) is 5.41 Å². The molecule has 9 aromatic carbocycles. The molecule has 264 valence electrons. The average Bonchev–Trinajstić information content (AvgIpc) is 3.74. The number of furan rings is 1. The number of hydrogen-bond donors (Lipinski definition) is 0. The van der Waals surface area contributed by atoms with E-state index in [1.807, 2.05) is 6.07 Å². The highest BCUT2D eigenvalue weighted by atomic mass is 16.3. The van der Waals surface area contributed by atoms with E-state index in [1.165, 1.54) is 71.3 Å². The van der Waals surface area contributed by atoms with E-state index in [2.05, 4.69) is 190 Å². The molecule has 0 radical (unpaired) electrons. The molecule has 0 atom stereocenters. The first-order chi connectivity index (χ1) is 27.4. The van der Waals surface area contributed by atoms with Crippen LogP contribution in [0, 0.1) is 0 Å². The number of para-hydroxylation sites is 1. The molecule has 0 fully saturated rings. The van der Waals surface area contributed by atoms with Crippen molar-refractivity contribution < 1.29 is 4.42 Å². The van der Waals surface area contributed by atoms with Crippen molar-refractivity contribution in [2.75, 3.05) is 0 Å². The van der Waals surface area contributed by atoms with Crippen molar-refractivity contribution >= 4 is 71.5 Å². The van der Waals surface area contributed by atoms with Crippen LogP contribution < -0.4 is 0 Å². The predicted octanol–water partition coefficient (Wildman–Crippen LogP) is 15.3. The Bertz CT molecular complexity index is 3220. The molecule has 0 bridgehead atoms. The van der Waals surface area contributed by atoms with Crippen LogP contribution in [0.4, 0.5) is 0 Å². The van der Waals surface area contributed by atoms with Gasteiger partial charge >= 0.3 is 0 Å². The summed E-state index contributed by atoms with van der Waals surface area (Å²) in [6, 6.07) is 63.9. The molecular weight excluding hydrogens is 677 g/mol. The zero-order valence-corrected chi connectivity index (χ0v) is 31.4. The summed E-state index contributed by atoms with van der Waals surface area (Å²) < 4.78 is 6.47. The Morgan fingerprint density at radius 1 is 0.482 bits per heavy atom. The van der Waals surface area contributed by atoms with Gasteiger partial charge in [-0.15, -0.1) is 0 Å².